The van der Waals surface area contributed by atoms with Gasteiger partial charge in [-0.2, -0.15) is 0 Å². The number of rotatable bonds is 10. The molecule has 2 atom stereocenters. The molecule has 3 fully saturated rings. The van der Waals surface area contributed by atoms with Crippen LogP contribution in [0.25, 0.3) is 11.1 Å². The van der Waals surface area contributed by atoms with Crippen molar-refractivity contribution >= 4 is 51.6 Å². The highest BCUT2D eigenvalue weighted by Crippen LogP contribution is 2.39. The van der Waals surface area contributed by atoms with Crippen molar-refractivity contribution in [3.63, 3.8) is 0 Å². The van der Waals surface area contributed by atoms with Gasteiger partial charge in [0.1, 0.15) is 11.6 Å². The third-order valence-electron chi connectivity index (χ3n) is 13.0. The maximum absolute atomic E-state index is 15.9. The number of hydrogen-bond acceptors (Lipinski definition) is 10. The Morgan fingerprint density at radius 2 is 1.69 bits per heavy atom. The Hall–Kier alpha value is -6.18. The van der Waals surface area contributed by atoms with E-state index in [0.717, 1.165) is 24.3 Å². The minimum absolute atomic E-state index is 0.00296. The minimum Gasteiger partial charge on any atom is -0.369 e. The lowest BCUT2D eigenvalue weighted by Gasteiger charge is -2.46. The van der Waals surface area contributed by atoms with Gasteiger partial charge in [-0.05, 0) is 66.8 Å². The zero-order valence-electron chi connectivity index (χ0n) is 34.6. The molecule has 2 unspecified atom stereocenters. The number of nitrogens with one attached hydrogen (secondary N) is 2. The number of aryl methyl sites for hydroxylation is 1. The monoisotopic (exact) mass is 896 g/mol. The van der Waals surface area contributed by atoms with Crippen molar-refractivity contribution in [3.05, 3.63) is 112 Å². The van der Waals surface area contributed by atoms with Gasteiger partial charge in [-0.3, -0.25) is 39.7 Å². The van der Waals surface area contributed by atoms with Crippen molar-refractivity contribution < 1.29 is 36.7 Å². The van der Waals surface area contributed by atoms with E-state index in [1.54, 1.807) is 34.9 Å². The molecule has 19 heteroatoms. The molecule has 0 radical (unpaired) electrons. The number of aromatic nitrogens is 3. The van der Waals surface area contributed by atoms with E-state index in [2.05, 4.69) is 25.5 Å². The van der Waals surface area contributed by atoms with E-state index in [1.807, 2.05) is 33.7 Å². The van der Waals surface area contributed by atoms with Crippen LogP contribution in [0.5, 0.6) is 0 Å². The topological polar surface area (TPSA) is 139 Å². The summed E-state index contributed by atoms with van der Waals surface area (Å²) < 4.78 is 64.7. The van der Waals surface area contributed by atoms with Crippen molar-refractivity contribution in [2.75, 3.05) is 60.9 Å². The molecule has 0 spiro atoms. The highest BCUT2D eigenvalue weighted by Gasteiger charge is 2.48. The highest BCUT2D eigenvalue weighted by molar-refractivity contribution is 7.13. The van der Waals surface area contributed by atoms with E-state index in [4.69, 9.17) is 0 Å². The lowest BCUT2D eigenvalue weighted by atomic mass is 9.97. The van der Waals surface area contributed by atoms with Gasteiger partial charge in [-0.25, -0.2) is 32.3 Å². The van der Waals surface area contributed by atoms with Crippen LogP contribution in [0.2, 0.25) is 0 Å². The molecule has 5 aliphatic rings. The predicted octanol–water partition coefficient (Wildman–Crippen LogP) is 6.04. The van der Waals surface area contributed by atoms with Crippen molar-refractivity contribution in [2.24, 2.45) is 0 Å². The fourth-order valence-corrected chi connectivity index (χ4v) is 10.3. The molecule has 332 valence electrons. The first-order chi connectivity index (χ1) is 30.9. The zero-order chi connectivity index (χ0) is 44.3. The standard InChI is InChI=1S/C45H44F4N10O4S/c46-34-22-31(58-14-10-38(60)52-44(58)63)8-5-28(34)23-54-13-9-37(45(48,49)25-54)56-17-15-55(16-18-56)30-6-3-27(4-7-30)29-20-32-33(35(47)21-29)24-59(42(32)62)40(41(61)53-43-50-11-19-64-43)39-36-2-1-12-57(36)26-51-39/h3-8,11,19-22,26,37,40H,1-2,9-10,12-18,23-25H2,(H,50,53,61)(H,52,60,63). The Bertz CT molecular complexity index is 2640. The average molecular weight is 897 g/mol. The number of imide groups is 1. The summed E-state index contributed by atoms with van der Waals surface area (Å²) in [5.41, 5.74) is 4.39. The molecule has 5 aromatic rings. The number of likely N-dealkylation sites (tertiary alicyclic amines) is 1. The lowest BCUT2D eigenvalue weighted by molar-refractivity contribution is -0.129. The molecule has 3 aromatic carbocycles. The summed E-state index contributed by atoms with van der Waals surface area (Å²) in [6, 6.07) is 12.2. The number of fused-ring (bicyclic) bond motifs is 2. The maximum atomic E-state index is 15.9. The van der Waals surface area contributed by atoms with Gasteiger partial charge in [-0.15, -0.1) is 11.3 Å². The number of carbonyl (C=O) groups excluding carboxylic acids is 4. The Labute approximate surface area is 369 Å². The number of piperazine rings is 1. The molecule has 5 amide bonds. The number of anilines is 3. The molecule has 64 heavy (non-hydrogen) atoms. The molecule has 0 bridgehead atoms. The fraction of sp³-hybridized carbons (Fsp3) is 0.378. The van der Waals surface area contributed by atoms with Crippen LogP contribution in [0.15, 0.2) is 72.5 Å². The maximum Gasteiger partial charge on any atom is 0.328 e. The summed E-state index contributed by atoms with van der Waals surface area (Å²) in [4.78, 5) is 68.6. The summed E-state index contributed by atoms with van der Waals surface area (Å²) in [7, 11) is 0. The number of urea groups is 1. The third-order valence-corrected chi connectivity index (χ3v) is 13.7. The molecule has 10 rings (SSSR count). The number of carbonyl (C=O) groups is 4. The van der Waals surface area contributed by atoms with Gasteiger partial charge in [0.15, 0.2) is 11.2 Å². The predicted molar refractivity (Wildman–Crippen MR) is 230 cm³/mol. The second kappa shape index (κ2) is 16.7. The van der Waals surface area contributed by atoms with Crippen LogP contribution in [0, 0.1) is 11.6 Å². The largest absolute Gasteiger partial charge is 0.369 e. The molecular formula is C45H44F4N10O4S. The van der Waals surface area contributed by atoms with E-state index in [9.17, 15) is 19.2 Å². The molecule has 7 heterocycles. The van der Waals surface area contributed by atoms with Crippen LogP contribution in [-0.4, -0.2) is 111 Å². The van der Waals surface area contributed by atoms with Gasteiger partial charge in [0, 0.05) is 104 Å². The van der Waals surface area contributed by atoms with Crippen molar-refractivity contribution in [1.82, 2.24) is 34.6 Å². The number of nitrogens with zero attached hydrogens (tertiary/aromatic N) is 8. The van der Waals surface area contributed by atoms with Gasteiger partial charge >= 0.3 is 6.03 Å². The van der Waals surface area contributed by atoms with Gasteiger partial charge in [0.25, 0.3) is 17.7 Å². The molecule has 5 aliphatic heterocycles. The number of amides is 5. The van der Waals surface area contributed by atoms with Gasteiger partial charge < -0.3 is 14.4 Å². The molecule has 2 N–H and O–H groups in total. The van der Waals surface area contributed by atoms with E-state index >= 15 is 17.6 Å². The lowest BCUT2D eigenvalue weighted by Crippen LogP contribution is -2.61. The zero-order valence-corrected chi connectivity index (χ0v) is 35.4. The third kappa shape index (κ3) is 7.89. The molecule has 3 saturated heterocycles. The van der Waals surface area contributed by atoms with Crippen LogP contribution in [0.3, 0.4) is 0 Å². The number of benzene rings is 3. The highest BCUT2D eigenvalue weighted by atomic mass is 32.1. The Morgan fingerprint density at radius 1 is 0.891 bits per heavy atom. The Balaban J connectivity index is 0.766. The van der Waals surface area contributed by atoms with Gasteiger partial charge in [-0.1, -0.05) is 18.2 Å². The summed E-state index contributed by atoms with van der Waals surface area (Å²) in [5.74, 6) is -5.52. The minimum atomic E-state index is -3.03. The van der Waals surface area contributed by atoms with E-state index in [0.29, 0.717) is 66.8 Å². The first-order valence-electron chi connectivity index (χ1n) is 21.4. The molecule has 2 aromatic heterocycles. The van der Waals surface area contributed by atoms with Crippen molar-refractivity contribution in [2.45, 2.75) is 63.3 Å². The first kappa shape index (κ1) is 41.8. The van der Waals surface area contributed by atoms with Crippen LogP contribution in [0.4, 0.5) is 38.9 Å². The van der Waals surface area contributed by atoms with Crippen LogP contribution in [0.1, 0.15) is 58.2 Å². The quantitative estimate of drug-likeness (QED) is 0.161. The number of alkyl halides is 2. The summed E-state index contributed by atoms with van der Waals surface area (Å²) >= 11 is 1.26. The summed E-state index contributed by atoms with van der Waals surface area (Å²) in [6.45, 7) is 2.53. The number of imidazole rings is 1. The second-order valence-electron chi connectivity index (χ2n) is 16.9. The first-order valence-corrected chi connectivity index (χ1v) is 22.2. The number of halogens is 4. The van der Waals surface area contributed by atoms with E-state index in [-0.39, 0.29) is 49.2 Å². The SMILES string of the molecule is O=C1CCN(c2ccc(CN3CCC(N4CCN(c5ccc(-c6cc(F)c7c(c6)C(=O)N(C(C(=O)Nc6nccs6)c6ncn8c6CCC8)C7)cc5)CC4)C(F)(F)C3)c(F)c2)C(=O)N1. The Kier molecular flexibility index (Phi) is 10.9. The van der Waals surface area contributed by atoms with Crippen LogP contribution in [-0.2, 0) is 35.6 Å². The van der Waals surface area contributed by atoms with Crippen LogP contribution >= 0.6 is 11.3 Å². The number of piperidine rings is 1. The normalized spacial score (nSPS) is 20.7. The molecule has 0 saturated carbocycles. The molecular weight excluding hydrogens is 853 g/mol. The number of thiazole rings is 1. The molecule has 0 aliphatic carbocycles. The second-order valence-corrected chi connectivity index (χ2v) is 17.8. The fourth-order valence-electron chi connectivity index (χ4n) is 9.79. The summed E-state index contributed by atoms with van der Waals surface area (Å²) in [6.07, 6.45) is 5.18. The molecule has 14 nitrogen and oxygen atoms in total. The van der Waals surface area contributed by atoms with Gasteiger partial charge in [0.2, 0.25) is 5.91 Å². The van der Waals surface area contributed by atoms with E-state index in [1.165, 1.54) is 39.3 Å². The van der Waals surface area contributed by atoms with Crippen molar-refractivity contribution in [1.29, 1.82) is 0 Å². The van der Waals surface area contributed by atoms with Crippen LogP contribution < -0.4 is 20.4 Å². The van der Waals surface area contributed by atoms with Gasteiger partial charge in [0.05, 0.1) is 31.2 Å². The average Bonchev–Trinajstić information content (AvgIpc) is 4.10. The Morgan fingerprint density at radius 3 is 2.42 bits per heavy atom. The number of hydrogen-bond donors (Lipinski definition) is 2. The van der Waals surface area contributed by atoms with Crippen molar-refractivity contribution in [3.8, 4) is 11.1 Å². The van der Waals surface area contributed by atoms with E-state index < -0.39 is 59.9 Å². The smallest absolute Gasteiger partial charge is 0.328 e. The summed E-state index contributed by atoms with van der Waals surface area (Å²) in [5, 5.41) is 7.15.